The Morgan fingerprint density at radius 3 is 2.76 bits per heavy atom. The molecule has 0 radical (unpaired) electrons. The summed E-state index contributed by atoms with van der Waals surface area (Å²) in [6, 6.07) is 0.265. The van der Waals surface area contributed by atoms with E-state index in [0.29, 0.717) is 12.5 Å². The van der Waals surface area contributed by atoms with Gasteiger partial charge in [-0.15, -0.1) is 5.10 Å². The minimum absolute atomic E-state index is 0.265. The van der Waals surface area contributed by atoms with Crippen LogP contribution >= 0.6 is 0 Å². The van der Waals surface area contributed by atoms with Gasteiger partial charge in [-0.05, 0) is 36.2 Å². The van der Waals surface area contributed by atoms with Crippen LogP contribution in [0, 0.1) is 5.92 Å². The normalized spacial score (nSPS) is 13.2. The van der Waals surface area contributed by atoms with Crippen LogP contribution in [-0.4, -0.2) is 40.5 Å². The molecule has 0 saturated heterocycles. The van der Waals surface area contributed by atoms with E-state index in [2.05, 4.69) is 41.6 Å². The Labute approximate surface area is 103 Å². The van der Waals surface area contributed by atoms with Gasteiger partial charge in [0.15, 0.2) is 5.82 Å². The summed E-state index contributed by atoms with van der Waals surface area (Å²) < 4.78 is 6.93. The van der Waals surface area contributed by atoms with Crippen LogP contribution in [0.1, 0.15) is 39.1 Å². The molecule has 1 unspecified atom stereocenters. The van der Waals surface area contributed by atoms with Gasteiger partial charge in [-0.25, -0.2) is 4.68 Å². The molecule has 0 bridgehead atoms. The molecule has 1 heterocycles. The van der Waals surface area contributed by atoms with Crippen LogP contribution in [0.5, 0.6) is 0 Å². The standard InChI is InChI=1S/C11H23N5O/c1-9(2)7-12-8-11-13-14-15-16(11)10(3)5-6-17-4/h9-10,12H,5-8H2,1-4H3. The van der Waals surface area contributed by atoms with E-state index in [9.17, 15) is 0 Å². The second-order valence-corrected chi connectivity index (χ2v) is 4.69. The molecule has 1 atom stereocenters. The van der Waals surface area contributed by atoms with Crippen LogP contribution < -0.4 is 5.32 Å². The molecule has 0 saturated carbocycles. The first-order chi connectivity index (χ1) is 8.15. The van der Waals surface area contributed by atoms with Crippen LogP contribution in [0.3, 0.4) is 0 Å². The van der Waals surface area contributed by atoms with Crippen molar-refractivity contribution in [1.29, 1.82) is 0 Å². The molecule has 1 rings (SSSR count). The molecule has 0 fully saturated rings. The van der Waals surface area contributed by atoms with E-state index in [4.69, 9.17) is 4.74 Å². The SMILES string of the molecule is COCCC(C)n1nnnc1CNCC(C)C. The van der Waals surface area contributed by atoms with Gasteiger partial charge < -0.3 is 10.1 Å². The maximum Gasteiger partial charge on any atom is 0.165 e. The molecule has 0 aliphatic heterocycles. The number of hydrogen-bond acceptors (Lipinski definition) is 5. The summed E-state index contributed by atoms with van der Waals surface area (Å²) in [6.07, 6.45) is 0.915. The van der Waals surface area contributed by atoms with Crippen LogP contribution in [0.25, 0.3) is 0 Å². The molecule has 1 aromatic heterocycles. The minimum atomic E-state index is 0.265. The average molecular weight is 241 g/mol. The van der Waals surface area contributed by atoms with Gasteiger partial charge in [-0.2, -0.15) is 0 Å². The Morgan fingerprint density at radius 1 is 1.35 bits per heavy atom. The molecular weight excluding hydrogens is 218 g/mol. The maximum absolute atomic E-state index is 5.07. The highest BCUT2D eigenvalue weighted by molar-refractivity contribution is 4.83. The zero-order valence-corrected chi connectivity index (χ0v) is 11.2. The summed E-state index contributed by atoms with van der Waals surface area (Å²) in [5.41, 5.74) is 0. The predicted octanol–water partition coefficient (Wildman–Crippen LogP) is 1.02. The van der Waals surface area contributed by atoms with Gasteiger partial charge in [0.2, 0.25) is 0 Å². The first-order valence-electron chi connectivity index (χ1n) is 6.11. The van der Waals surface area contributed by atoms with E-state index in [0.717, 1.165) is 25.4 Å². The van der Waals surface area contributed by atoms with Crippen molar-refractivity contribution in [3.8, 4) is 0 Å². The summed E-state index contributed by atoms with van der Waals surface area (Å²) >= 11 is 0. The fourth-order valence-electron chi connectivity index (χ4n) is 1.55. The molecule has 0 aromatic carbocycles. The second kappa shape index (κ2) is 7.34. The van der Waals surface area contributed by atoms with E-state index >= 15 is 0 Å². The van der Waals surface area contributed by atoms with Crippen molar-refractivity contribution in [3.63, 3.8) is 0 Å². The highest BCUT2D eigenvalue weighted by Gasteiger charge is 2.12. The number of nitrogens with one attached hydrogen (secondary N) is 1. The van der Waals surface area contributed by atoms with Crippen LogP contribution in [0.4, 0.5) is 0 Å². The quantitative estimate of drug-likeness (QED) is 0.736. The Balaban J connectivity index is 2.47. The highest BCUT2D eigenvalue weighted by atomic mass is 16.5. The van der Waals surface area contributed by atoms with Crippen molar-refractivity contribution in [2.75, 3.05) is 20.3 Å². The smallest absolute Gasteiger partial charge is 0.165 e. The van der Waals surface area contributed by atoms with E-state index in [1.54, 1.807) is 7.11 Å². The Bertz CT molecular complexity index is 313. The molecule has 17 heavy (non-hydrogen) atoms. The summed E-state index contributed by atoms with van der Waals surface area (Å²) in [5.74, 6) is 1.51. The Morgan fingerprint density at radius 2 is 2.12 bits per heavy atom. The first-order valence-corrected chi connectivity index (χ1v) is 6.11. The van der Waals surface area contributed by atoms with Gasteiger partial charge in [0, 0.05) is 13.7 Å². The largest absolute Gasteiger partial charge is 0.385 e. The molecule has 0 spiro atoms. The van der Waals surface area contributed by atoms with E-state index in [1.165, 1.54) is 0 Å². The number of rotatable bonds is 8. The highest BCUT2D eigenvalue weighted by Crippen LogP contribution is 2.10. The van der Waals surface area contributed by atoms with Crippen LogP contribution in [0.15, 0.2) is 0 Å². The summed E-state index contributed by atoms with van der Waals surface area (Å²) in [6.45, 7) is 8.86. The van der Waals surface area contributed by atoms with E-state index < -0.39 is 0 Å². The van der Waals surface area contributed by atoms with Crippen molar-refractivity contribution >= 4 is 0 Å². The van der Waals surface area contributed by atoms with Crippen molar-refractivity contribution in [1.82, 2.24) is 25.5 Å². The predicted molar refractivity (Wildman–Crippen MR) is 65.6 cm³/mol. The summed E-state index contributed by atoms with van der Waals surface area (Å²) in [4.78, 5) is 0. The fourth-order valence-corrected chi connectivity index (χ4v) is 1.55. The van der Waals surface area contributed by atoms with E-state index in [1.807, 2.05) is 4.68 Å². The zero-order valence-electron chi connectivity index (χ0n) is 11.2. The fraction of sp³-hybridized carbons (Fsp3) is 0.909. The summed E-state index contributed by atoms with van der Waals surface area (Å²) in [7, 11) is 1.71. The van der Waals surface area contributed by atoms with Crippen molar-refractivity contribution in [2.24, 2.45) is 5.92 Å². The number of tetrazole rings is 1. The van der Waals surface area contributed by atoms with E-state index in [-0.39, 0.29) is 6.04 Å². The monoisotopic (exact) mass is 241 g/mol. The van der Waals surface area contributed by atoms with Gasteiger partial charge in [0.1, 0.15) is 0 Å². The molecule has 0 aliphatic carbocycles. The number of nitrogens with zero attached hydrogens (tertiary/aromatic N) is 4. The molecule has 98 valence electrons. The van der Waals surface area contributed by atoms with Crippen molar-refractivity contribution < 1.29 is 4.74 Å². The molecule has 1 aromatic rings. The lowest BCUT2D eigenvalue weighted by Gasteiger charge is -2.13. The van der Waals surface area contributed by atoms with Crippen molar-refractivity contribution in [2.45, 2.75) is 39.8 Å². The molecule has 1 N–H and O–H groups in total. The molecule has 6 heteroatoms. The number of hydrogen-bond donors (Lipinski definition) is 1. The topological polar surface area (TPSA) is 64.9 Å². The summed E-state index contributed by atoms with van der Waals surface area (Å²) in [5, 5.41) is 15.1. The van der Waals surface area contributed by atoms with Gasteiger partial charge in [0.05, 0.1) is 12.6 Å². The number of methoxy groups -OCH3 is 1. The molecule has 6 nitrogen and oxygen atoms in total. The molecular formula is C11H23N5O. The van der Waals surface area contributed by atoms with Gasteiger partial charge in [-0.1, -0.05) is 13.8 Å². The lowest BCUT2D eigenvalue weighted by atomic mass is 10.2. The minimum Gasteiger partial charge on any atom is -0.385 e. The van der Waals surface area contributed by atoms with Crippen LogP contribution in [0.2, 0.25) is 0 Å². The van der Waals surface area contributed by atoms with Gasteiger partial charge in [-0.3, -0.25) is 0 Å². The van der Waals surface area contributed by atoms with Crippen LogP contribution in [-0.2, 0) is 11.3 Å². The molecule has 0 aliphatic rings. The molecule has 0 amide bonds. The lowest BCUT2D eigenvalue weighted by Crippen LogP contribution is -2.23. The van der Waals surface area contributed by atoms with Crippen molar-refractivity contribution in [3.05, 3.63) is 5.82 Å². The number of aromatic nitrogens is 4. The Hall–Kier alpha value is -1.01. The number of ether oxygens (including phenoxy) is 1. The zero-order chi connectivity index (χ0) is 12.7. The maximum atomic E-state index is 5.07. The first kappa shape index (κ1) is 14.1. The second-order valence-electron chi connectivity index (χ2n) is 4.69. The Kier molecular flexibility index (Phi) is 6.07. The van der Waals surface area contributed by atoms with Gasteiger partial charge in [0.25, 0.3) is 0 Å². The third-order valence-electron chi connectivity index (χ3n) is 2.55. The van der Waals surface area contributed by atoms with Gasteiger partial charge >= 0.3 is 0 Å². The lowest BCUT2D eigenvalue weighted by molar-refractivity contribution is 0.177. The third kappa shape index (κ3) is 4.79. The third-order valence-corrected chi connectivity index (χ3v) is 2.55. The average Bonchev–Trinajstić information content (AvgIpc) is 2.73.